The van der Waals surface area contributed by atoms with E-state index in [1.165, 1.54) is 40.5 Å². The molecule has 1 atom stereocenters. The molecule has 0 bridgehead atoms. The molecule has 4 nitrogen and oxygen atoms in total. The van der Waals surface area contributed by atoms with E-state index in [4.69, 9.17) is 4.74 Å². The van der Waals surface area contributed by atoms with Crippen LogP contribution in [-0.4, -0.2) is 18.5 Å². The molecule has 0 saturated carbocycles. The predicted molar refractivity (Wildman–Crippen MR) is 83.5 cm³/mol. The molecule has 1 aromatic carbocycles. The van der Waals surface area contributed by atoms with Crippen LogP contribution in [0.2, 0.25) is 0 Å². The van der Waals surface area contributed by atoms with E-state index in [-0.39, 0.29) is 36.6 Å². The third kappa shape index (κ3) is 2.26. The lowest BCUT2D eigenvalue weighted by molar-refractivity contribution is -0.136. The number of amides is 1. The average molecular weight is 329 g/mol. The molecule has 4 rings (SSSR count). The van der Waals surface area contributed by atoms with Gasteiger partial charge < -0.3 is 4.74 Å². The predicted octanol–water partition coefficient (Wildman–Crippen LogP) is 3.22. The van der Waals surface area contributed by atoms with Gasteiger partial charge in [0.15, 0.2) is 0 Å². The number of anilines is 1. The van der Waals surface area contributed by atoms with Gasteiger partial charge in [-0.3, -0.25) is 9.69 Å². The smallest absolute Gasteiger partial charge is 0.336 e. The van der Waals surface area contributed by atoms with E-state index >= 15 is 0 Å². The summed E-state index contributed by atoms with van der Waals surface area (Å²) in [6, 6.07) is 7.58. The van der Waals surface area contributed by atoms with Gasteiger partial charge in [-0.2, -0.15) is 11.3 Å². The summed E-state index contributed by atoms with van der Waals surface area (Å²) in [6.45, 7) is 0.0674. The highest BCUT2D eigenvalue weighted by molar-refractivity contribution is 7.08. The molecule has 1 unspecified atom stereocenters. The van der Waals surface area contributed by atoms with Crippen LogP contribution < -0.4 is 4.90 Å². The average Bonchev–Trinajstić information content (AvgIpc) is 3.19. The van der Waals surface area contributed by atoms with E-state index in [1.807, 2.05) is 16.8 Å². The summed E-state index contributed by atoms with van der Waals surface area (Å²) in [5.41, 5.74) is 2.60. The van der Waals surface area contributed by atoms with Gasteiger partial charge in [0.2, 0.25) is 5.91 Å². The zero-order chi connectivity index (χ0) is 16.0. The second kappa shape index (κ2) is 5.31. The number of benzene rings is 1. The Balaban J connectivity index is 1.83. The van der Waals surface area contributed by atoms with Gasteiger partial charge in [-0.1, -0.05) is 0 Å². The van der Waals surface area contributed by atoms with Crippen LogP contribution >= 0.6 is 11.3 Å². The number of hydrogen-bond acceptors (Lipinski definition) is 4. The van der Waals surface area contributed by atoms with Gasteiger partial charge >= 0.3 is 5.97 Å². The Hall–Kier alpha value is -2.47. The van der Waals surface area contributed by atoms with Gasteiger partial charge in [0.25, 0.3) is 0 Å². The van der Waals surface area contributed by atoms with Gasteiger partial charge in [0.1, 0.15) is 12.4 Å². The number of ether oxygens (including phenoxy) is 1. The molecule has 1 aromatic heterocycles. The van der Waals surface area contributed by atoms with E-state index in [0.29, 0.717) is 17.0 Å². The lowest BCUT2D eigenvalue weighted by atomic mass is 9.85. The normalized spacial score (nSPS) is 20.7. The molecule has 2 aromatic rings. The first-order valence-corrected chi connectivity index (χ1v) is 8.10. The van der Waals surface area contributed by atoms with Crippen molar-refractivity contribution in [2.24, 2.45) is 0 Å². The molecular weight excluding hydrogens is 317 g/mol. The largest absolute Gasteiger partial charge is 0.456 e. The van der Waals surface area contributed by atoms with Crippen LogP contribution in [0.4, 0.5) is 10.1 Å². The summed E-state index contributed by atoms with van der Waals surface area (Å²) in [4.78, 5) is 26.3. The molecule has 0 fully saturated rings. The third-order valence-corrected chi connectivity index (χ3v) is 4.85. The van der Waals surface area contributed by atoms with Crippen LogP contribution in [-0.2, 0) is 14.3 Å². The fourth-order valence-corrected chi connectivity index (χ4v) is 3.82. The first-order chi connectivity index (χ1) is 11.1. The molecule has 0 spiro atoms. The van der Waals surface area contributed by atoms with Crippen LogP contribution in [0.15, 0.2) is 52.4 Å². The van der Waals surface area contributed by atoms with Crippen molar-refractivity contribution in [3.8, 4) is 0 Å². The van der Waals surface area contributed by atoms with Crippen LogP contribution in [0.5, 0.6) is 0 Å². The van der Waals surface area contributed by atoms with Crippen molar-refractivity contribution in [1.29, 1.82) is 0 Å². The fraction of sp³-hybridized carbons (Fsp3) is 0.176. The van der Waals surface area contributed by atoms with Crippen molar-refractivity contribution in [1.82, 2.24) is 0 Å². The number of thiophene rings is 1. The standard InChI is InChI=1S/C17H12FNO3S/c18-11-1-3-12(4-2-11)19-14-8-22-17(21)16(14)13(7-15(19)20)10-5-6-23-9-10/h1-6,9,13H,7-8H2. The number of carbonyl (C=O) groups excluding carboxylic acids is 2. The van der Waals surface area contributed by atoms with Crippen LogP contribution in [0.25, 0.3) is 0 Å². The Morgan fingerprint density at radius 2 is 1.96 bits per heavy atom. The SMILES string of the molecule is O=C1OCC2=C1C(c1ccsc1)CC(=O)N2c1ccc(F)cc1. The monoisotopic (exact) mass is 329 g/mol. The van der Waals surface area contributed by atoms with E-state index in [2.05, 4.69) is 0 Å². The van der Waals surface area contributed by atoms with Crippen molar-refractivity contribution < 1.29 is 18.7 Å². The van der Waals surface area contributed by atoms with Crippen molar-refractivity contribution in [2.45, 2.75) is 12.3 Å². The number of carbonyl (C=O) groups is 2. The summed E-state index contributed by atoms with van der Waals surface area (Å²) in [6.07, 6.45) is 0.196. The molecular formula is C17H12FNO3S. The van der Waals surface area contributed by atoms with Gasteiger partial charge in [-0.15, -0.1) is 0 Å². The minimum absolute atomic E-state index is 0.0674. The van der Waals surface area contributed by atoms with Gasteiger partial charge in [-0.25, -0.2) is 9.18 Å². The molecule has 0 radical (unpaired) electrons. The van der Waals surface area contributed by atoms with Crippen molar-refractivity contribution in [3.63, 3.8) is 0 Å². The van der Waals surface area contributed by atoms with E-state index in [1.54, 1.807) is 0 Å². The minimum atomic E-state index is -0.379. The van der Waals surface area contributed by atoms with Crippen LogP contribution in [0.1, 0.15) is 17.9 Å². The maximum absolute atomic E-state index is 13.1. The Morgan fingerprint density at radius 1 is 1.17 bits per heavy atom. The number of hydrogen-bond donors (Lipinski definition) is 0. The van der Waals surface area contributed by atoms with E-state index < -0.39 is 0 Å². The summed E-state index contributed by atoms with van der Waals surface area (Å²) in [5, 5.41) is 3.87. The third-order valence-electron chi connectivity index (χ3n) is 4.15. The highest BCUT2D eigenvalue weighted by Crippen LogP contribution is 2.42. The minimum Gasteiger partial charge on any atom is -0.456 e. The number of halogens is 1. The van der Waals surface area contributed by atoms with E-state index in [9.17, 15) is 14.0 Å². The molecule has 0 saturated heterocycles. The molecule has 116 valence electrons. The van der Waals surface area contributed by atoms with Crippen molar-refractivity contribution in [3.05, 3.63) is 63.7 Å². The quantitative estimate of drug-likeness (QED) is 0.795. The van der Waals surface area contributed by atoms with Crippen molar-refractivity contribution in [2.75, 3.05) is 11.5 Å². The van der Waals surface area contributed by atoms with Gasteiger partial charge in [-0.05, 0) is 46.7 Å². The Morgan fingerprint density at radius 3 is 2.65 bits per heavy atom. The molecule has 2 aliphatic heterocycles. The molecule has 2 aliphatic rings. The Labute approximate surface area is 135 Å². The maximum atomic E-state index is 13.1. The number of nitrogens with zero attached hydrogens (tertiary/aromatic N) is 1. The summed E-state index contributed by atoms with van der Waals surface area (Å²) < 4.78 is 18.3. The lowest BCUT2D eigenvalue weighted by Crippen LogP contribution is -2.37. The topological polar surface area (TPSA) is 46.6 Å². The lowest BCUT2D eigenvalue weighted by Gasteiger charge is -2.31. The highest BCUT2D eigenvalue weighted by atomic mass is 32.1. The maximum Gasteiger partial charge on any atom is 0.336 e. The number of cyclic esters (lactones) is 1. The Bertz CT molecular complexity index is 811. The Kier molecular flexibility index (Phi) is 3.27. The highest BCUT2D eigenvalue weighted by Gasteiger charge is 2.42. The fourth-order valence-electron chi connectivity index (χ4n) is 3.10. The van der Waals surface area contributed by atoms with Gasteiger partial charge in [0.05, 0.1) is 11.3 Å². The molecule has 0 N–H and O–H groups in total. The number of esters is 1. The first-order valence-electron chi connectivity index (χ1n) is 7.16. The van der Waals surface area contributed by atoms with Gasteiger partial charge in [0, 0.05) is 18.0 Å². The summed E-state index contributed by atoms with van der Waals surface area (Å²) >= 11 is 1.53. The summed E-state index contributed by atoms with van der Waals surface area (Å²) in [5.74, 6) is -1.14. The van der Waals surface area contributed by atoms with Crippen LogP contribution in [0, 0.1) is 5.82 Å². The molecule has 3 heterocycles. The molecule has 23 heavy (non-hydrogen) atoms. The van der Waals surface area contributed by atoms with Crippen LogP contribution in [0.3, 0.4) is 0 Å². The zero-order valence-corrected chi connectivity index (χ0v) is 12.8. The first kappa shape index (κ1) is 14.1. The summed E-state index contributed by atoms with van der Waals surface area (Å²) in [7, 11) is 0. The van der Waals surface area contributed by atoms with Crippen molar-refractivity contribution >= 4 is 28.9 Å². The van der Waals surface area contributed by atoms with E-state index in [0.717, 1.165) is 5.56 Å². The second-order valence-corrected chi connectivity index (χ2v) is 6.24. The molecule has 1 amide bonds. The molecule has 0 aliphatic carbocycles. The second-order valence-electron chi connectivity index (χ2n) is 5.46. The zero-order valence-electron chi connectivity index (χ0n) is 12.0. The number of rotatable bonds is 2. The molecule has 6 heteroatoms.